The molecular formula is C19H11Cl2N3O2. The smallest absolute Gasteiger partial charge is 0.356 e. The van der Waals surface area contributed by atoms with Gasteiger partial charge in [-0.2, -0.15) is 5.10 Å². The van der Waals surface area contributed by atoms with Crippen LogP contribution in [0.3, 0.4) is 0 Å². The minimum atomic E-state index is -1.11. The summed E-state index contributed by atoms with van der Waals surface area (Å²) >= 11 is 12.4. The van der Waals surface area contributed by atoms with Crippen molar-refractivity contribution in [2.75, 3.05) is 0 Å². The molecule has 26 heavy (non-hydrogen) atoms. The van der Waals surface area contributed by atoms with Crippen molar-refractivity contribution >= 4 is 34.8 Å². The molecular weight excluding hydrogens is 373 g/mol. The van der Waals surface area contributed by atoms with Gasteiger partial charge in [0.15, 0.2) is 11.3 Å². The van der Waals surface area contributed by atoms with Crippen LogP contribution >= 0.6 is 23.2 Å². The van der Waals surface area contributed by atoms with Crippen LogP contribution in [0.2, 0.25) is 10.0 Å². The van der Waals surface area contributed by atoms with Crippen LogP contribution in [0.15, 0.2) is 60.8 Å². The van der Waals surface area contributed by atoms with Gasteiger partial charge < -0.3 is 5.11 Å². The van der Waals surface area contributed by atoms with Gasteiger partial charge in [0.25, 0.3) is 0 Å². The number of halogens is 2. The number of aromatic nitrogens is 3. The quantitative estimate of drug-likeness (QED) is 0.536. The standard InChI is InChI=1S/C19H11Cl2N3O2/c20-12-7-5-11(6-8-12)18-14(13-3-1-2-4-15(13)21)10-22-17-9-16(19(25)26)23-24(17)18/h1-10H,(H,25,26). The molecule has 0 saturated carbocycles. The number of benzene rings is 2. The number of aromatic carboxylic acids is 1. The van der Waals surface area contributed by atoms with Gasteiger partial charge in [-0.15, -0.1) is 0 Å². The van der Waals surface area contributed by atoms with E-state index >= 15 is 0 Å². The van der Waals surface area contributed by atoms with Crippen molar-refractivity contribution in [2.45, 2.75) is 0 Å². The van der Waals surface area contributed by atoms with E-state index in [2.05, 4.69) is 10.1 Å². The minimum Gasteiger partial charge on any atom is -0.476 e. The van der Waals surface area contributed by atoms with E-state index in [4.69, 9.17) is 23.2 Å². The van der Waals surface area contributed by atoms with E-state index in [-0.39, 0.29) is 5.69 Å². The van der Waals surface area contributed by atoms with Gasteiger partial charge in [0.2, 0.25) is 0 Å². The molecule has 1 N–H and O–H groups in total. The summed E-state index contributed by atoms with van der Waals surface area (Å²) in [5.41, 5.74) is 3.38. The molecule has 0 amide bonds. The molecule has 0 aliphatic carbocycles. The lowest BCUT2D eigenvalue weighted by Gasteiger charge is -2.13. The molecule has 5 nitrogen and oxygen atoms in total. The normalized spacial score (nSPS) is 11.0. The fourth-order valence-corrected chi connectivity index (χ4v) is 3.16. The SMILES string of the molecule is O=C(O)c1cc2ncc(-c3ccccc3Cl)c(-c3ccc(Cl)cc3)n2n1. The van der Waals surface area contributed by atoms with E-state index in [1.54, 1.807) is 24.4 Å². The maximum atomic E-state index is 11.3. The largest absolute Gasteiger partial charge is 0.476 e. The van der Waals surface area contributed by atoms with Crippen molar-refractivity contribution in [2.24, 2.45) is 0 Å². The van der Waals surface area contributed by atoms with Gasteiger partial charge in [0.05, 0.1) is 5.69 Å². The summed E-state index contributed by atoms with van der Waals surface area (Å²) in [6, 6.07) is 16.0. The molecule has 0 aliphatic heterocycles. The number of rotatable bonds is 3. The number of fused-ring (bicyclic) bond motifs is 1. The van der Waals surface area contributed by atoms with Gasteiger partial charge in [-0.3, -0.25) is 0 Å². The Hall–Kier alpha value is -2.89. The summed E-state index contributed by atoms with van der Waals surface area (Å²) in [7, 11) is 0. The van der Waals surface area contributed by atoms with E-state index in [0.717, 1.165) is 16.7 Å². The Kier molecular flexibility index (Phi) is 4.11. The summed E-state index contributed by atoms with van der Waals surface area (Å²) in [5.74, 6) is -1.11. The predicted molar refractivity (Wildman–Crippen MR) is 101 cm³/mol. The second-order valence-corrected chi connectivity index (χ2v) is 6.46. The monoisotopic (exact) mass is 383 g/mol. The Morgan fingerprint density at radius 1 is 1.00 bits per heavy atom. The molecule has 0 radical (unpaired) electrons. The van der Waals surface area contributed by atoms with Crippen LogP contribution in [0.25, 0.3) is 28.0 Å². The maximum absolute atomic E-state index is 11.3. The van der Waals surface area contributed by atoms with Crippen molar-refractivity contribution in [3.05, 3.63) is 76.5 Å². The summed E-state index contributed by atoms with van der Waals surface area (Å²) in [6.45, 7) is 0. The molecule has 0 bridgehead atoms. The first-order chi connectivity index (χ1) is 12.5. The lowest BCUT2D eigenvalue weighted by atomic mass is 10.0. The molecule has 128 valence electrons. The highest BCUT2D eigenvalue weighted by atomic mass is 35.5. The third-order valence-electron chi connectivity index (χ3n) is 3.98. The van der Waals surface area contributed by atoms with Gasteiger partial charge in [-0.25, -0.2) is 14.3 Å². The van der Waals surface area contributed by atoms with E-state index in [9.17, 15) is 9.90 Å². The number of carboxylic acid groups (broad SMARTS) is 1. The summed E-state index contributed by atoms with van der Waals surface area (Å²) in [4.78, 5) is 15.7. The van der Waals surface area contributed by atoms with Crippen LogP contribution < -0.4 is 0 Å². The predicted octanol–water partition coefficient (Wildman–Crippen LogP) is 5.07. The van der Waals surface area contributed by atoms with Crippen molar-refractivity contribution < 1.29 is 9.90 Å². The molecule has 0 unspecified atom stereocenters. The molecule has 2 aromatic heterocycles. The Morgan fingerprint density at radius 2 is 1.73 bits per heavy atom. The maximum Gasteiger partial charge on any atom is 0.356 e. The zero-order valence-corrected chi connectivity index (χ0v) is 14.7. The Bertz CT molecular complexity index is 1140. The Labute approximate surface area is 158 Å². The van der Waals surface area contributed by atoms with Gasteiger partial charge in [-0.1, -0.05) is 53.5 Å². The van der Waals surface area contributed by atoms with Gasteiger partial charge in [0, 0.05) is 39.0 Å². The fourth-order valence-electron chi connectivity index (χ4n) is 2.80. The van der Waals surface area contributed by atoms with Crippen LogP contribution in [-0.4, -0.2) is 25.7 Å². The van der Waals surface area contributed by atoms with Crippen LogP contribution in [-0.2, 0) is 0 Å². The van der Waals surface area contributed by atoms with Crippen molar-refractivity contribution in [1.29, 1.82) is 0 Å². The zero-order chi connectivity index (χ0) is 18.3. The van der Waals surface area contributed by atoms with Crippen LogP contribution in [0, 0.1) is 0 Å². The van der Waals surface area contributed by atoms with Gasteiger partial charge in [-0.05, 0) is 18.2 Å². The molecule has 2 heterocycles. The Morgan fingerprint density at radius 3 is 2.42 bits per heavy atom. The summed E-state index contributed by atoms with van der Waals surface area (Å²) in [5, 5.41) is 14.6. The molecule has 0 fully saturated rings. The highest BCUT2D eigenvalue weighted by Crippen LogP contribution is 2.36. The number of carbonyl (C=O) groups is 1. The zero-order valence-electron chi connectivity index (χ0n) is 13.2. The number of hydrogen-bond donors (Lipinski definition) is 1. The average molecular weight is 384 g/mol. The van der Waals surface area contributed by atoms with Crippen molar-refractivity contribution in [3.8, 4) is 22.4 Å². The first kappa shape index (κ1) is 16.6. The molecule has 0 spiro atoms. The van der Waals surface area contributed by atoms with Crippen LogP contribution in [0.4, 0.5) is 0 Å². The van der Waals surface area contributed by atoms with Crippen LogP contribution in [0.5, 0.6) is 0 Å². The van der Waals surface area contributed by atoms with E-state index in [0.29, 0.717) is 21.4 Å². The third kappa shape index (κ3) is 2.81. The highest BCUT2D eigenvalue weighted by Gasteiger charge is 2.18. The van der Waals surface area contributed by atoms with E-state index in [1.165, 1.54) is 10.6 Å². The fraction of sp³-hybridized carbons (Fsp3) is 0. The second kappa shape index (κ2) is 6.44. The van der Waals surface area contributed by atoms with Crippen molar-refractivity contribution in [3.63, 3.8) is 0 Å². The minimum absolute atomic E-state index is 0.0796. The molecule has 0 aliphatic rings. The molecule has 0 saturated heterocycles. The topological polar surface area (TPSA) is 67.5 Å². The van der Waals surface area contributed by atoms with Gasteiger partial charge >= 0.3 is 5.97 Å². The third-order valence-corrected chi connectivity index (χ3v) is 4.57. The lowest BCUT2D eigenvalue weighted by Crippen LogP contribution is -2.02. The number of hydrogen-bond acceptors (Lipinski definition) is 3. The molecule has 4 rings (SSSR count). The molecule has 2 aromatic carbocycles. The van der Waals surface area contributed by atoms with Gasteiger partial charge in [0.1, 0.15) is 0 Å². The number of carboxylic acids is 1. The van der Waals surface area contributed by atoms with E-state index in [1.807, 2.05) is 30.3 Å². The average Bonchev–Trinajstić information content (AvgIpc) is 3.07. The summed E-state index contributed by atoms with van der Waals surface area (Å²) < 4.78 is 1.52. The highest BCUT2D eigenvalue weighted by molar-refractivity contribution is 6.33. The summed E-state index contributed by atoms with van der Waals surface area (Å²) in [6.07, 6.45) is 1.67. The molecule has 4 aromatic rings. The molecule has 7 heteroatoms. The van der Waals surface area contributed by atoms with E-state index < -0.39 is 5.97 Å². The Balaban J connectivity index is 2.08. The van der Waals surface area contributed by atoms with Crippen molar-refractivity contribution in [1.82, 2.24) is 14.6 Å². The van der Waals surface area contributed by atoms with Crippen LogP contribution in [0.1, 0.15) is 10.5 Å². The first-order valence-electron chi connectivity index (χ1n) is 7.67. The first-order valence-corrected chi connectivity index (χ1v) is 8.43. The number of nitrogens with zero attached hydrogens (tertiary/aromatic N) is 3. The lowest BCUT2D eigenvalue weighted by molar-refractivity contribution is 0.0690. The molecule has 0 atom stereocenters. The second-order valence-electron chi connectivity index (χ2n) is 5.61.